The molecule has 1 aromatic rings. The maximum atomic E-state index is 5.60. The first-order valence-corrected chi connectivity index (χ1v) is 4.47. The second-order valence-corrected chi connectivity index (χ2v) is 4.01. The lowest BCUT2D eigenvalue weighted by Crippen LogP contribution is -2.35. The zero-order chi connectivity index (χ0) is 9.31. The Morgan fingerprint density at radius 1 is 1.62 bits per heavy atom. The summed E-state index contributed by atoms with van der Waals surface area (Å²) in [5, 5.41) is 3.38. The fourth-order valence-corrected chi connectivity index (χ4v) is 1.44. The van der Waals surface area contributed by atoms with E-state index in [4.69, 9.17) is 4.74 Å². The molecule has 2 heterocycles. The fourth-order valence-electron chi connectivity index (χ4n) is 1.44. The largest absolute Gasteiger partial charge is 0.357 e. The molecule has 0 bridgehead atoms. The Hall–Kier alpha value is -0.930. The van der Waals surface area contributed by atoms with Gasteiger partial charge in [-0.15, -0.1) is 0 Å². The molecule has 1 fully saturated rings. The lowest BCUT2D eigenvalue weighted by Gasteiger charge is -2.16. The Bertz CT molecular complexity index is 284. The van der Waals surface area contributed by atoms with Crippen LogP contribution in [-0.2, 0) is 4.74 Å². The first-order valence-electron chi connectivity index (χ1n) is 4.47. The second kappa shape index (κ2) is 3.09. The molecule has 3 heteroatoms. The van der Waals surface area contributed by atoms with Crippen molar-refractivity contribution in [3.63, 3.8) is 0 Å². The molecule has 1 N–H and O–H groups in total. The predicted molar refractivity (Wildman–Crippen MR) is 50.1 cm³/mol. The fraction of sp³-hybridized carbons (Fsp3) is 0.500. The van der Waals surface area contributed by atoms with Crippen LogP contribution in [0, 0.1) is 0 Å². The molecule has 70 valence electrons. The first kappa shape index (κ1) is 8.66. The van der Waals surface area contributed by atoms with Crippen LogP contribution in [0.5, 0.6) is 0 Å². The highest BCUT2D eigenvalue weighted by Crippen LogP contribution is 2.24. The predicted octanol–water partition coefficient (Wildman–Crippen LogP) is 1.48. The van der Waals surface area contributed by atoms with Crippen molar-refractivity contribution in [3.8, 4) is 0 Å². The quantitative estimate of drug-likeness (QED) is 0.707. The van der Waals surface area contributed by atoms with E-state index in [0.29, 0.717) is 0 Å². The summed E-state index contributed by atoms with van der Waals surface area (Å²) in [5.74, 6) is 0. The third kappa shape index (κ3) is 1.87. The third-order valence-corrected chi connectivity index (χ3v) is 2.12. The second-order valence-electron chi connectivity index (χ2n) is 4.01. The van der Waals surface area contributed by atoms with Crippen LogP contribution < -0.4 is 5.32 Å². The number of ether oxygens (including phenoxy) is 1. The van der Waals surface area contributed by atoms with Gasteiger partial charge in [-0.2, -0.15) is 0 Å². The monoisotopic (exact) mass is 178 g/mol. The molecule has 2 rings (SSSR count). The molecule has 0 aromatic carbocycles. The smallest absolute Gasteiger partial charge is 0.136 e. The normalized spacial score (nSPS) is 26.2. The van der Waals surface area contributed by atoms with E-state index < -0.39 is 0 Å². The van der Waals surface area contributed by atoms with Gasteiger partial charge < -0.3 is 4.74 Å². The molecular weight excluding hydrogens is 164 g/mol. The van der Waals surface area contributed by atoms with Gasteiger partial charge in [0.05, 0.1) is 6.61 Å². The van der Waals surface area contributed by atoms with Gasteiger partial charge in [0.2, 0.25) is 0 Å². The Balaban J connectivity index is 2.13. The van der Waals surface area contributed by atoms with Crippen LogP contribution in [0.2, 0.25) is 0 Å². The van der Waals surface area contributed by atoms with Crippen molar-refractivity contribution >= 4 is 0 Å². The van der Waals surface area contributed by atoms with Gasteiger partial charge in [-0.1, -0.05) is 6.07 Å². The Morgan fingerprint density at radius 3 is 3.00 bits per heavy atom. The van der Waals surface area contributed by atoms with E-state index in [0.717, 1.165) is 12.2 Å². The molecule has 1 atom stereocenters. The summed E-state index contributed by atoms with van der Waals surface area (Å²) in [6.07, 6.45) is 3.60. The molecule has 1 aromatic heterocycles. The van der Waals surface area contributed by atoms with Crippen LogP contribution >= 0.6 is 0 Å². The molecular formula is C10H14N2O. The van der Waals surface area contributed by atoms with Gasteiger partial charge in [0.15, 0.2) is 0 Å². The van der Waals surface area contributed by atoms with Crippen molar-refractivity contribution in [1.82, 2.24) is 10.3 Å². The lowest BCUT2D eigenvalue weighted by molar-refractivity contribution is 0.0986. The van der Waals surface area contributed by atoms with Gasteiger partial charge in [0.25, 0.3) is 0 Å². The van der Waals surface area contributed by atoms with Gasteiger partial charge in [-0.3, -0.25) is 10.3 Å². The molecule has 1 saturated heterocycles. The number of pyridine rings is 1. The Kier molecular flexibility index (Phi) is 2.06. The molecule has 1 aliphatic rings. The highest BCUT2D eigenvalue weighted by molar-refractivity contribution is 5.13. The van der Waals surface area contributed by atoms with E-state index in [1.54, 1.807) is 6.20 Å². The summed E-state index contributed by atoms with van der Waals surface area (Å²) < 4.78 is 5.60. The third-order valence-electron chi connectivity index (χ3n) is 2.12. The molecule has 3 nitrogen and oxygen atoms in total. The number of aromatic nitrogens is 1. The minimum Gasteiger partial charge on any atom is -0.357 e. The molecule has 0 radical (unpaired) electrons. The average molecular weight is 178 g/mol. The molecule has 13 heavy (non-hydrogen) atoms. The number of nitrogens with one attached hydrogen (secondary N) is 1. The molecule has 1 unspecified atom stereocenters. The standard InChI is InChI=1S/C10H14N2O/c1-10(2)7-13-9(12-10)8-4-3-5-11-6-8/h3-6,9,12H,7H2,1-2H3. The SMILES string of the molecule is CC1(C)COC(c2cccnc2)N1. The van der Waals surface area contributed by atoms with E-state index in [-0.39, 0.29) is 11.8 Å². The van der Waals surface area contributed by atoms with Crippen LogP contribution in [0.15, 0.2) is 24.5 Å². The Morgan fingerprint density at radius 2 is 2.46 bits per heavy atom. The van der Waals surface area contributed by atoms with Crippen LogP contribution in [0.3, 0.4) is 0 Å². The first-order chi connectivity index (χ1) is 6.17. The highest BCUT2D eigenvalue weighted by atomic mass is 16.5. The Labute approximate surface area is 78.1 Å². The number of rotatable bonds is 1. The molecule has 0 amide bonds. The van der Waals surface area contributed by atoms with Crippen LogP contribution in [0.4, 0.5) is 0 Å². The van der Waals surface area contributed by atoms with Gasteiger partial charge in [-0.25, -0.2) is 0 Å². The van der Waals surface area contributed by atoms with E-state index in [9.17, 15) is 0 Å². The molecule has 0 saturated carbocycles. The summed E-state index contributed by atoms with van der Waals surface area (Å²) in [5.41, 5.74) is 1.16. The van der Waals surface area contributed by atoms with Crippen LogP contribution in [0.1, 0.15) is 25.6 Å². The summed E-state index contributed by atoms with van der Waals surface area (Å²) in [6.45, 7) is 5.00. The van der Waals surface area contributed by atoms with Crippen molar-refractivity contribution in [2.75, 3.05) is 6.61 Å². The highest BCUT2D eigenvalue weighted by Gasteiger charge is 2.31. The van der Waals surface area contributed by atoms with Gasteiger partial charge in [0, 0.05) is 23.5 Å². The van der Waals surface area contributed by atoms with Gasteiger partial charge in [-0.05, 0) is 19.9 Å². The van der Waals surface area contributed by atoms with Crippen LogP contribution in [-0.4, -0.2) is 17.1 Å². The van der Waals surface area contributed by atoms with Crippen molar-refractivity contribution in [2.45, 2.75) is 25.6 Å². The minimum atomic E-state index is 0.00343. The van der Waals surface area contributed by atoms with E-state index in [1.165, 1.54) is 0 Å². The van der Waals surface area contributed by atoms with Crippen LogP contribution in [0.25, 0.3) is 0 Å². The molecule has 0 aliphatic carbocycles. The summed E-state index contributed by atoms with van der Waals surface area (Å²) >= 11 is 0. The number of hydrogen-bond donors (Lipinski definition) is 1. The zero-order valence-electron chi connectivity index (χ0n) is 7.95. The van der Waals surface area contributed by atoms with Crippen molar-refractivity contribution in [3.05, 3.63) is 30.1 Å². The lowest BCUT2D eigenvalue weighted by atomic mass is 10.1. The zero-order valence-corrected chi connectivity index (χ0v) is 7.95. The summed E-state index contributed by atoms with van der Waals surface area (Å²) in [7, 11) is 0. The maximum absolute atomic E-state index is 5.60. The molecule has 0 spiro atoms. The van der Waals surface area contributed by atoms with Crippen molar-refractivity contribution in [2.24, 2.45) is 0 Å². The van der Waals surface area contributed by atoms with Gasteiger partial charge >= 0.3 is 0 Å². The average Bonchev–Trinajstić information content (AvgIpc) is 2.48. The summed E-state index contributed by atoms with van der Waals surface area (Å²) in [4.78, 5) is 4.06. The topological polar surface area (TPSA) is 34.1 Å². The van der Waals surface area contributed by atoms with E-state index >= 15 is 0 Å². The van der Waals surface area contributed by atoms with Crippen molar-refractivity contribution < 1.29 is 4.74 Å². The molecule has 1 aliphatic heterocycles. The summed E-state index contributed by atoms with van der Waals surface area (Å²) in [6, 6.07) is 3.94. The van der Waals surface area contributed by atoms with Crippen molar-refractivity contribution in [1.29, 1.82) is 0 Å². The van der Waals surface area contributed by atoms with Gasteiger partial charge in [0.1, 0.15) is 6.23 Å². The maximum Gasteiger partial charge on any atom is 0.136 e. The van der Waals surface area contributed by atoms with E-state index in [2.05, 4.69) is 24.1 Å². The van der Waals surface area contributed by atoms with E-state index in [1.807, 2.05) is 18.3 Å². The number of hydrogen-bond acceptors (Lipinski definition) is 3. The minimum absolute atomic E-state index is 0.00343. The number of nitrogens with zero attached hydrogens (tertiary/aromatic N) is 1.